The molecule has 0 bridgehead atoms. The van der Waals surface area contributed by atoms with Crippen molar-refractivity contribution in [2.75, 3.05) is 6.54 Å². The van der Waals surface area contributed by atoms with Crippen LogP contribution in [0.1, 0.15) is 28.0 Å². The highest BCUT2D eigenvalue weighted by Gasteiger charge is 2.13. The summed E-state index contributed by atoms with van der Waals surface area (Å²) in [4.78, 5) is 21.3. The lowest BCUT2D eigenvalue weighted by Gasteiger charge is -2.06. The van der Waals surface area contributed by atoms with E-state index in [0.29, 0.717) is 12.2 Å². The zero-order valence-electron chi connectivity index (χ0n) is 16.0. The van der Waals surface area contributed by atoms with E-state index in [0.717, 1.165) is 34.6 Å². The molecule has 1 amide bonds. The molecule has 2 heterocycles. The van der Waals surface area contributed by atoms with Crippen molar-refractivity contribution in [2.24, 2.45) is 0 Å². The van der Waals surface area contributed by atoms with Crippen LogP contribution in [0.2, 0.25) is 0 Å². The van der Waals surface area contributed by atoms with E-state index in [-0.39, 0.29) is 5.91 Å². The van der Waals surface area contributed by atoms with Gasteiger partial charge in [-0.25, -0.2) is 9.97 Å². The van der Waals surface area contributed by atoms with E-state index in [1.165, 1.54) is 22.5 Å². The van der Waals surface area contributed by atoms with Gasteiger partial charge in [-0.15, -0.1) is 11.3 Å². The van der Waals surface area contributed by atoms with Gasteiger partial charge in [0.05, 0.1) is 17.4 Å². The van der Waals surface area contributed by atoms with E-state index in [9.17, 15) is 4.79 Å². The summed E-state index contributed by atoms with van der Waals surface area (Å²) < 4.78 is 2.11. The normalized spacial score (nSPS) is 11.1. The second-order valence-electron chi connectivity index (χ2n) is 6.89. The van der Waals surface area contributed by atoms with Crippen LogP contribution in [-0.4, -0.2) is 27.0 Å². The number of benzene rings is 2. The largest absolute Gasteiger partial charge is 0.351 e. The number of rotatable bonds is 6. The number of carbonyl (C=O) groups is 1. The van der Waals surface area contributed by atoms with Gasteiger partial charge in [0.25, 0.3) is 5.91 Å². The molecule has 2 aromatic carbocycles. The Balaban J connectivity index is 1.34. The van der Waals surface area contributed by atoms with Crippen LogP contribution in [0.15, 0.2) is 54.2 Å². The Kier molecular flexibility index (Phi) is 5.21. The number of nitrogens with zero attached hydrogens (tertiary/aromatic N) is 3. The number of imidazole rings is 1. The van der Waals surface area contributed by atoms with E-state index in [1.54, 1.807) is 0 Å². The van der Waals surface area contributed by atoms with Crippen molar-refractivity contribution < 1.29 is 4.79 Å². The molecule has 2 aromatic heterocycles. The Bertz CT molecular complexity index is 1130. The van der Waals surface area contributed by atoms with Crippen molar-refractivity contribution in [1.82, 2.24) is 19.9 Å². The number of thiazole rings is 1. The summed E-state index contributed by atoms with van der Waals surface area (Å²) >= 11 is 1.51. The molecule has 4 rings (SSSR count). The van der Waals surface area contributed by atoms with Gasteiger partial charge in [-0.1, -0.05) is 35.9 Å². The number of aryl methyl sites for hydroxylation is 3. The molecule has 5 nitrogen and oxygen atoms in total. The van der Waals surface area contributed by atoms with Crippen LogP contribution in [0.5, 0.6) is 0 Å². The maximum absolute atomic E-state index is 12.4. The van der Waals surface area contributed by atoms with Gasteiger partial charge in [-0.05, 0) is 38.0 Å². The summed E-state index contributed by atoms with van der Waals surface area (Å²) in [5.41, 5.74) is 6.07. The molecule has 6 heteroatoms. The van der Waals surface area contributed by atoms with Crippen LogP contribution in [0.25, 0.3) is 21.6 Å². The lowest BCUT2D eigenvalue weighted by molar-refractivity contribution is 0.0948. The predicted octanol–water partition coefficient (Wildman–Crippen LogP) is 4.60. The average Bonchev–Trinajstić information content (AvgIpc) is 3.33. The third kappa shape index (κ3) is 3.82. The molecule has 0 unspecified atom stereocenters. The molecule has 0 spiro atoms. The Labute approximate surface area is 168 Å². The number of fused-ring (bicyclic) bond motifs is 1. The first-order valence-electron chi connectivity index (χ1n) is 9.33. The molecule has 4 aromatic rings. The van der Waals surface area contributed by atoms with Gasteiger partial charge in [0.1, 0.15) is 10.7 Å². The predicted molar refractivity (Wildman–Crippen MR) is 114 cm³/mol. The molecule has 28 heavy (non-hydrogen) atoms. The van der Waals surface area contributed by atoms with Crippen LogP contribution in [0, 0.1) is 13.8 Å². The molecule has 0 aliphatic carbocycles. The third-order valence-corrected chi connectivity index (χ3v) is 5.61. The topological polar surface area (TPSA) is 59.8 Å². The van der Waals surface area contributed by atoms with Crippen LogP contribution in [-0.2, 0) is 6.54 Å². The van der Waals surface area contributed by atoms with Crippen LogP contribution >= 0.6 is 11.3 Å². The first kappa shape index (κ1) is 18.4. The van der Waals surface area contributed by atoms with E-state index in [4.69, 9.17) is 0 Å². The van der Waals surface area contributed by atoms with Gasteiger partial charge in [-0.2, -0.15) is 0 Å². The van der Waals surface area contributed by atoms with Crippen LogP contribution in [0.4, 0.5) is 0 Å². The van der Waals surface area contributed by atoms with Crippen molar-refractivity contribution >= 4 is 28.3 Å². The van der Waals surface area contributed by atoms with Gasteiger partial charge in [0, 0.05) is 24.0 Å². The molecule has 0 atom stereocenters. The fraction of sp³-hybridized carbons (Fsp3) is 0.227. The van der Waals surface area contributed by atoms with Crippen molar-refractivity contribution in [3.8, 4) is 10.6 Å². The minimum absolute atomic E-state index is 0.122. The molecule has 0 aliphatic heterocycles. The smallest absolute Gasteiger partial charge is 0.270 e. The fourth-order valence-electron chi connectivity index (χ4n) is 3.29. The van der Waals surface area contributed by atoms with Gasteiger partial charge >= 0.3 is 0 Å². The standard InChI is InChI=1S/C22H22N4OS/c1-15-8-9-17(16(2)12-15)22-25-19(13-28-22)21(27)23-10-5-11-26-14-24-18-6-3-4-7-20(18)26/h3-4,6-9,12-14H,5,10-11H2,1-2H3,(H,23,27). The number of nitrogens with one attached hydrogen (secondary N) is 1. The fourth-order valence-corrected chi connectivity index (χ4v) is 4.18. The van der Waals surface area contributed by atoms with Crippen LogP contribution in [0.3, 0.4) is 0 Å². The van der Waals surface area contributed by atoms with Gasteiger partial charge in [0.2, 0.25) is 0 Å². The Morgan fingerprint density at radius 3 is 2.89 bits per heavy atom. The lowest BCUT2D eigenvalue weighted by Crippen LogP contribution is -2.25. The third-order valence-electron chi connectivity index (χ3n) is 4.74. The number of aromatic nitrogens is 3. The zero-order chi connectivity index (χ0) is 19.5. The van der Waals surface area contributed by atoms with E-state index in [2.05, 4.69) is 58.0 Å². The van der Waals surface area contributed by atoms with Gasteiger partial charge in [-0.3, -0.25) is 4.79 Å². The Morgan fingerprint density at radius 1 is 1.18 bits per heavy atom. The summed E-state index contributed by atoms with van der Waals surface area (Å²) in [6.45, 7) is 5.56. The first-order valence-corrected chi connectivity index (χ1v) is 10.2. The highest BCUT2D eigenvalue weighted by atomic mass is 32.1. The number of para-hydroxylation sites is 2. The molecular formula is C22H22N4OS. The van der Waals surface area contributed by atoms with Crippen molar-refractivity contribution in [1.29, 1.82) is 0 Å². The maximum Gasteiger partial charge on any atom is 0.270 e. The summed E-state index contributed by atoms with van der Waals surface area (Å²) in [5.74, 6) is -0.122. The second-order valence-corrected chi connectivity index (χ2v) is 7.75. The molecule has 142 valence electrons. The minimum Gasteiger partial charge on any atom is -0.351 e. The highest BCUT2D eigenvalue weighted by molar-refractivity contribution is 7.13. The van der Waals surface area contributed by atoms with Crippen molar-refractivity contribution in [3.63, 3.8) is 0 Å². The van der Waals surface area contributed by atoms with Crippen molar-refractivity contribution in [2.45, 2.75) is 26.8 Å². The second kappa shape index (κ2) is 7.94. The summed E-state index contributed by atoms with van der Waals surface area (Å²) in [7, 11) is 0. The molecule has 0 saturated carbocycles. The number of hydrogen-bond donors (Lipinski definition) is 1. The highest BCUT2D eigenvalue weighted by Crippen LogP contribution is 2.27. The van der Waals surface area contributed by atoms with Gasteiger partial charge < -0.3 is 9.88 Å². The molecule has 0 aliphatic rings. The summed E-state index contributed by atoms with van der Waals surface area (Å²) in [6, 6.07) is 14.3. The summed E-state index contributed by atoms with van der Waals surface area (Å²) in [5, 5.41) is 5.68. The zero-order valence-corrected chi connectivity index (χ0v) is 16.8. The Hall–Kier alpha value is -2.99. The monoisotopic (exact) mass is 390 g/mol. The number of hydrogen-bond acceptors (Lipinski definition) is 4. The molecule has 1 N–H and O–H groups in total. The SMILES string of the molecule is Cc1ccc(-c2nc(C(=O)NCCCn3cnc4ccccc43)cs2)c(C)c1. The average molecular weight is 391 g/mol. The maximum atomic E-state index is 12.4. The Morgan fingerprint density at radius 2 is 2.04 bits per heavy atom. The van der Waals surface area contributed by atoms with E-state index >= 15 is 0 Å². The first-order chi connectivity index (χ1) is 13.6. The van der Waals surface area contributed by atoms with Gasteiger partial charge in [0.15, 0.2) is 0 Å². The molecule has 0 radical (unpaired) electrons. The minimum atomic E-state index is -0.122. The quantitative estimate of drug-likeness (QED) is 0.490. The van der Waals surface area contributed by atoms with E-state index < -0.39 is 0 Å². The van der Waals surface area contributed by atoms with Crippen LogP contribution < -0.4 is 5.32 Å². The number of amides is 1. The molecule has 0 saturated heterocycles. The van der Waals surface area contributed by atoms with Crippen molar-refractivity contribution in [3.05, 3.63) is 71.0 Å². The summed E-state index contributed by atoms with van der Waals surface area (Å²) in [6.07, 6.45) is 2.68. The van der Waals surface area contributed by atoms with E-state index in [1.807, 2.05) is 29.9 Å². The molecular weight excluding hydrogens is 368 g/mol. The molecule has 0 fully saturated rings. The number of carbonyl (C=O) groups excluding carboxylic acids is 1. The lowest BCUT2D eigenvalue weighted by atomic mass is 10.1.